The fourth-order valence-electron chi connectivity index (χ4n) is 4.48. The molecule has 0 radical (unpaired) electrons. The summed E-state index contributed by atoms with van der Waals surface area (Å²) in [7, 11) is 3.08. The molecule has 35 heavy (non-hydrogen) atoms. The van der Waals surface area contributed by atoms with Gasteiger partial charge in [0.1, 0.15) is 17.3 Å². The van der Waals surface area contributed by atoms with E-state index < -0.39 is 11.8 Å². The Morgan fingerprint density at radius 1 is 0.971 bits per heavy atom. The molecule has 0 atom stereocenters. The number of nitrogens with zero attached hydrogens (tertiary/aromatic N) is 3. The molecule has 4 amide bonds. The first-order valence-corrected chi connectivity index (χ1v) is 11.5. The van der Waals surface area contributed by atoms with E-state index in [2.05, 4.69) is 5.32 Å². The van der Waals surface area contributed by atoms with Crippen molar-refractivity contribution in [3.8, 4) is 11.5 Å². The van der Waals surface area contributed by atoms with Crippen molar-refractivity contribution in [2.24, 2.45) is 0 Å². The van der Waals surface area contributed by atoms with Crippen molar-refractivity contribution in [3.63, 3.8) is 0 Å². The number of urea groups is 1. The summed E-state index contributed by atoms with van der Waals surface area (Å²) in [6.07, 6.45) is 1.17. The van der Waals surface area contributed by atoms with Crippen LogP contribution in [0.5, 0.6) is 11.5 Å². The third-order valence-corrected chi connectivity index (χ3v) is 6.47. The monoisotopic (exact) mass is 484 g/mol. The summed E-state index contributed by atoms with van der Waals surface area (Å²) in [6.45, 7) is 2.05. The zero-order chi connectivity index (χ0) is 24.9. The zero-order valence-electron chi connectivity index (χ0n) is 19.8. The number of rotatable bonds is 6. The number of ether oxygens (including phenoxy) is 2. The topological polar surface area (TPSA) is 91.4 Å². The Kier molecular flexibility index (Phi) is 7.38. The SMILES string of the molecule is COc1ccc(NC(=O)N2CCC(N3CCN(Cc4ccc(F)cc4)C(=O)C3=O)CC2)c(OC)c1. The van der Waals surface area contributed by atoms with Crippen LogP contribution in [0.2, 0.25) is 0 Å². The molecule has 2 heterocycles. The lowest BCUT2D eigenvalue weighted by molar-refractivity contribution is -0.158. The molecular weight excluding hydrogens is 455 g/mol. The Hall–Kier alpha value is -3.82. The molecule has 0 bridgehead atoms. The molecule has 0 unspecified atom stereocenters. The van der Waals surface area contributed by atoms with Gasteiger partial charge < -0.3 is 29.5 Å². The summed E-state index contributed by atoms with van der Waals surface area (Å²) in [5.41, 5.74) is 1.31. The number of halogens is 1. The summed E-state index contributed by atoms with van der Waals surface area (Å²) < 4.78 is 23.6. The summed E-state index contributed by atoms with van der Waals surface area (Å²) in [4.78, 5) is 43.1. The second kappa shape index (κ2) is 10.6. The number of hydrogen-bond acceptors (Lipinski definition) is 5. The molecule has 4 rings (SSSR count). The standard InChI is InChI=1S/C25H29FN4O5/c1-34-20-7-8-21(22(15-20)35-2)27-25(33)28-11-9-19(10-12-28)30-14-13-29(23(31)24(30)32)16-17-3-5-18(26)6-4-17/h3-8,15,19H,9-14,16H2,1-2H3,(H,27,33). The number of nitrogens with one attached hydrogen (secondary N) is 1. The number of piperazine rings is 1. The van der Waals surface area contributed by atoms with E-state index in [0.29, 0.717) is 56.2 Å². The van der Waals surface area contributed by atoms with Crippen LogP contribution in [0.3, 0.4) is 0 Å². The molecule has 2 fully saturated rings. The fourth-order valence-corrected chi connectivity index (χ4v) is 4.48. The van der Waals surface area contributed by atoms with Gasteiger partial charge in [-0.3, -0.25) is 9.59 Å². The Labute approximate surface area is 203 Å². The van der Waals surface area contributed by atoms with E-state index in [1.165, 1.54) is 24.1 Å². The van der Waals surface area contributed by atoms with Crippen molar-refractivity contribution in [3.05, 3.63) is 53.8 Å². The predicted octanol–water partition coefficient (Wildman–Crippen LogP) is 2.71. The van der Waals surface area contributed by atoms with Crippen LogP contribution >= 0.6 is 0 Å². The number of likely N-dealkylation sites (tertiary alicyclic amines) is 1. The number of anilines is 1. The van der Waals surface area contributed by atoms with Gasteiger partial charge in [0.2, 0.25) is 0 Å². The predicted molar refractivity (Wildman–Crippen MR) is 127 cm³/mol. The van der Waals surface area contributed by atoms with Crippen LogP contribution in [0.1, 0.15) is 18.4 Å². The fraction of sp³-hybridized carbons (Fsp3) is 0.400. The van der Waals surface area contributed by atoms with Gasteiger partial charge in [-0.25, -0.2) is 9.18 Å². The molecule has 2 aliphatic heterocycles. The van der Waals surface area contributed by atoms with Crippen LogP contribution in [0.15, 0.2) is 42.5 Å². The molecule has 2 aliphatic rings. The van der Waals surface area contributed by atoms with Crippen LogP contribution in [-0.2, 0) is 16.1 Å². The highest BCUT2D eigenvalue weighted by Gasteiger charge is 2.38. The zero-order valence-corrected chi connectivity index (χ0v) is 19.8. The van der Waals surface area contributed by atoms with Gasteiger partial charge in [-0.1, -0.05) is 12.1 Å². The third-order valence-electron chi connectivity index (χ3n) is 6.47. The highest BCUT2D eigenvalue weighted by molar-refractivity contribution is 6.35. The Morgan fingerprint density at radius 3 is 2.34 bits per heavy atom. The number of amides is 4. The maximum absolute atomic E-state index is 13.1. The van der Waals surface area contributed by atoms with Crippen LogP contribution < -0.4 is 14.8 Å². The van der Waals surface area contributed by atoms with Gasteiger partial charge in [-0.2, -0.15) is 0 Å². The number of carbonyl (C=O) groups is 3. The van der Waals surface area contributed by atoms with Crippen molar-refractivity contribution in [2.45, 2.75) is 25.4 Å². The number of carbonyl (C=O) groups excluding carboxylic acids is 3. The normalized spacial score (nSPS) is 16.9. The lowest BCUT2D eigenvalue weighted by Gasteiger charge is -2.42. The average molecular weight is 485 g/mol. The molecule has 10 heteroatoms. The number of hydrogen-bond donors (Lipinski definition) is 1. The van der Waals surface area contributed by atoms with E-state index in [9.17, 15) is 18.8 Å². The Balaban J connectivity index is 1.30. The van der Waals surface area contributed by atoms with Crippen LogP contribution in [-0.4, -0.2) is 79.0 Å². The van der Waals surface area contributed by atoms with Crippen molar-refractivity contribution in [1.82, 2.24) is 14.7 Å². The summed E-state index contributed by atoms with van der Waals surface area (Å²) in [6, 6.07) is 10.7. The van der Waals surface area contributed by atoms with Gasteiger partial charge in [0.25, 0.3) is 0 Å². The largest absolute Gasteiger partial charge is 0.497 e. The lowest BCUT2D eigenvalue weighted by Crippen LogP contribution is -2.59. The molecular formula is C25H29FN4O5. The van der Waals surface area contributed by atoms with Gasteiger partial charge in [0.05, 0.1) is 19.9 Å². The summed E-state index contributed by atoms with van der Waals surface area (Å²) in [5.74, 6) is -0.298. The minimum absolute atomic E-state index is 0.0982. The average Bonchev–Trinajstić information content (AvgIpc) is 2.88. The number of methoxy groups -OCH3 is 2. The van der Waals surface area contributed by atoms with Gasteiger partial charge in [-0.05, 0) is 42.7 Å². The van der Waals surface area contributed by atoms with E-state index in [1.54, 1.807) is 47.2 Å². The van der Waals surface area contributed by atoms with E-state index in [-0.39, 0.29) is 24.4 Å². The first kappa shape index (κ1) is 24.3. The van der Waals surface area contributed by atoms with E-state index in [0.717, 1.165) is 5.56 Å². The first-order chi connectivity index (χ1) is 16.9. The van der Waals surface area contributed by atoms with Gasteiger partial charge >= 0.3 is 17.8 Å². The Morgan fingerprint density at radius 2 is 1.69 bits per heavy atom. The van der Waals surface area contributed by atoms with Crippen molar-refractivity contribution in [2.75, 3.05) is 45.7 Å². The van der Waals surface area contributed by atoms with E-state index in [4.69, 9.17) is 9.47 Å². The highest BCUT2D eigenvalue weighted by Crippen LogP contribution is 2.29. The second-order valence-corrected chi connectivity index (χ2v) is 8.57. The molecule has 9 nitrogen and oxygen atoms in total. The minimum atomic E-state index is -0.549. The maximum Gasteiger partial charge on any atom is 0.321 e. The lowest BCUT2D eigenvalue weighted by atomic mass is 10.0. The quantitative estimate of drug-likeness (QED) is 0.637. The maximum atomic E-state index is 13.1. The molecule has 2 aromatic carbocycles. The van der Waals surface area contributed by atoms with E-state index >= 15 is 0 Å². The van der Waals surface area contributed by atoms with Gasteiger partial charge in [0.15, 0.2) is 0 Å². The molecule has 2 saturated heterocycles. The van der Waals surface area contributed by atoms with Crippen LogP contribution in [0.25, 0.3) is 0 Å². The molecule has 0 aromatic heterocycles. The Bertz CT molecular complexity index is 1090. The first-order valence-electron chi connectivity index (χ1n) is 11.5. The molecule has 0 spiro atoms. The molecule has 1 N–H and O–H groups in total. The minimum Gasteiger partial charge on any atom is -0.497 e. The third kappa shape index (κ3) is 5.47. The van der Waals surface area contributed by atoms with Crippen molar-refractivity contribution >= 4 is 23.5 Å². The van der Waals surface area contributed by atoms with E-state index in [1.807, 2.05) is 0 Å². The molecule has 0 saturated carbocycles. The number of benzene rings is 2. The van der Waals surface area contributed by atoms with Crippen molar-refractivity contribution in [1.29, 1.82) is 0 Å². The summed E-state index contributed by atoms with van der Waals surface area (Å²) in [5, 5.41) is 2.87. The van der Waals surface area contributed by atoms with Gasteiger partial charge in [-0.15, -0.1) is 0 Å². The summed E-state index contributed by atoms with van der Waals surface area (Å²) >= 11 is 0. The number of piperidine rings is 1. The van der Waals surface area contributed by atoms with Crippen LogP contribution in [0, 0.1) is 5.82 Å². The van der Waals surface area contributed by atoms with Gasteiger partial charge in [0, 0.05) is 44.8 Å². The van der Waals surface area contributed by atoms with Crippen molar-refractivity contribution < 1.29 is 28.2 Å². The highest BCUT2D eigenvalue weighted by atomic mass is 19.1. The molecule has 0 aliphatic carbocycles. The van der Waals surface area contributed by atoms with Crippen LogP contribution in [0.4, 0.5) is 14.9 Å². The second-order valence-electron chi connectivity index (χ2n) is 8.57. The molecule has 186 valence electrons. The molecule has 2 aromatic rings. The smallest absolute Gasteiger partial charge is 0.321 e.